The second kappa shape index (κ2) is 6.07. The fraction of sp³-hybridized carbons (Fsp3) is 0.462. The van der Waals surface area contributed by atoms with Gasteiger partial charge in [0.1, 0.15) is 0 Å². The fourth-order valence-corrected chi connectivity index (χ4v) is 2.69. The summed E-state index contributed by atoms with van der Waals surface area (Å²) in [6, 6.07) is 10.1. The first-order valence-electron chi connectivity index (χ1n) is 5.85. The molecule has 1 aliphatic rings. The Bertz CT molecular complexity index is 363. The Morgan fingerprint density at radius 3 is 2.59 bits per heavy atom. The van der Waals surface area contributed by atoms with Crippen molar-refractivity contribution in [2.45, 2.75) is 12.2 Å². The SMILES string of the molecule is CC(SC(=O)N1CCOCC1)c1ccccc1. The standard InChI is InChI=1S/C13H17NO2S/c1-11(12-5-3-2-4-6-12)17-13(15)14-7-9-16-10-8-14/h2-6,11H,7-10H2,1H3. The predicted molar refractivity (Wildman–Crippen MR) is 70.2 cm³/mol. The van der Waals surface area contributed by atoms with Gasteiger partial charge in [0.05, 0.1) is 13.2 Å². The minimum absolute atomic E-state index is 0.157. The number of carbonyl (C=O) groups excluding carboxylic acids is 1. The van der Waals surface area contributed by atoms with Crippen molar-refractivity contribution in [2.75, 3.05) is 26.3 Å². The van der Waals surface area contributed by atoms with Gasteiger partial charge in [-0.15, -0.1) is 0 Å². The Hall–Kier alpha value is -1.00. The summed E-state index contributed by atoms with van der Waals surface area (Å²) in [6.45, 7) is 4.82. The van der Waals surface area contributed by atoms with E-state index in [0.29, 0.717) is 26.3 Å². The zero-order valence-corrected chi connectivity index (χ0v) is 10.8. The Labute approximate surface area is 106 Å². The normalized spacial score (nSPS) is 17.8. The molecule has 3 nitrogen and oxygen atoms in total. The van der Waals surface area contributed by atoms with Crippen LogP contribution >= 0.6 is 11.8 Å². The van der Waals surface area contributed by atoms with Gasteiger partial charge in [-0.3, -0.25) is 4.79 Å². The summed E-state index contributed by atoms with van der Waals surface area (Å²) in [5, 5.41) is 0.358. The van der Waals surface area contributed by atoms with E-state index >= 15 is 0 Å². The molecule has 1 unspecified atom stereocenters. The molecule has 1 atom stereocenters. The van der Waals surface area contributed by atoms with Crippen molar-refractivity contribution in [1.29, 1.82) is 0 Å². The zero-order chi connectivity index (χ0) is 12.1. The lowest BCUT2D eigenvalue weighted by Gasteiger charge is -2.27. The molecular formula is C13H17NO2S. The minimum Gasteiger partial charge on any atom is -0.378 e. The maximum Gasteiger partial charge on any atom is 0.282 e. The topological polar surface area (TPSA) is 29.5 Å². The molecule has 0 bridgehead atoms. The number of rotatable bonds is 2. The van der Waals surface area contributed by atoms with Crippen LogP contribution in [0.15, 0.2) is 30.3 Å². The molecule has 1 heterocycles. The molecule has 2 rings (SSSR count). The quantitative estimate of drug-likeness (QED) is 0.809. The Balaban J connectivity index is 1.89. The van der Waals surface area contributed by atoms with Crippen LogP contribution in [0.5, 0.6) is 0 Å². The van der Waals surface area contributed by atoms with E-state index in [9.17, 15) is 4.79 Å². The molecule has 0 radical (unpaired) electrons. The number of hydrogen-bond acceptors (Lipinski definition) is 3. The fourth-order valence-electron chi connectivity index (χ4n) is 1.76. The largest absolute Gasteiger partial charge is 0.378 e. The van der Waals surface area contributed by atoms with Crippen molar-refractivity contribution in [3.8, 4) is 0 Å². The first kappa shape index (κ1) is 12.5. The first-order valence-corrected chi connectivity index (χ1v) is 6.73. The van der Waals surface area contributed by atoms with Gasteiger partial charge in [-0.2, -0.15) is 0 Å². The van der Waals surface area contributed by atoms with Gasteiger partial charge in [0.15, 0.2) is 0 Å². The monoisotopic (exact) mass is 251 g/mol. The molecule has 1 aromatic carbocycles. The summed E-state index contributed by atoms with van der Waals surface area (Å²) in [5.41, 5.74) is 1.19. The van der Waals surface area contributed by atoms with Gasteiger partial charge >= 0.3 is 0 Å². The van der Waals surface area contributed by atoms with Crippen LogP contribution in [-0.2, 0) is 4.74 Å². The number of morpholine rings is 1. The number of amides is 1. The lowest BCUT2D eigenvalue weighted by atomic mass is 10.2. The molecule has 92 valence electrons. The third-order valence-electron chi connectivity index (χ3n) is 2.82. The molecule has 17 heavy (non-hydrogen) atoms. The van der Waals surface area contributed by atoms with Crippen LogP contribution in [0.25, 0.3) is 0 Å². The number of thioether (sulfide) groups is 1. The van der Waals surface area contributed by atoms with E-state index in [4.69, 9.17) is 4.74 Å². The van der Waals surface area contributed by atoms with Crippen LogP contribution in [0.4, 0.5) is 4.79 Å². The van der Waals surface area contributed by atoms with Crippen LogP contribution in [0.2, 0.25) is 0 Å². The van der Waals surface area contributed by atoms with E-state index in [0.717, 1.165) is 0 Å². The predicted octanol–water partition coefficient (Wildman–Crippen LogP) is 2.93. The molecule has 0 N–H and O–H groups in total. The molecule has 1 saturated heterocycles. The van der Waals surface area contributed by atoms with E-state index in [2.05, 4.69) is 19.1 Å². The number of nitrogens with zero attached hydrogens (tertiary/aromatic N) is 1. The number of carbonyl (C=O) groups is 1. The van der Waals surface area contributed by atoms with Crippen molar-refractivity contribution in [2.24, 2.45) is 0 Å². The number of benzene rings is 1. The maximum atomic E-state index is 12.0. The third kappa shape index (κ3) is 3.48. The first-order chi connectivity index (χ1) is 8.27. The van der Waals surface area contributed by atoms with E-state index in [1.54, 1.807) is 0 Å². The Kier molecular flexibility index (Phi) is 4.45. The highest BCUT2D eigenvalue weighted by atomic mass is 32.2. The van der Waals surface area contributed by atoms with Crippen molar-refractivity contribution in [1.82, 2.24) is 4.90 Å². The van der Waals surface area contributed by atoms with Gasteiger partial charge in [0.2, 0.25) is 0 Å². The summed E-state index contributed by atoms with van der Waals surface area (Å²) in [4.78, 5) is 13.9. The summed E-state index contributed by atoms with van der Waals surface area (Å²) in [6.07, 6.45) is 0. The Morgan fingerprint density at radius 2 is 1.94 bits per heavy atom. The summed E-state index contributed by atoms with van der Waals surface area (Å²) < 4.78 is 5.24. The van der Waals surface area contributed by atoms with E-state index in [-0.39, 0.29) is 10.5 Å². The smallest absolute Gasteiger partial charge is 0.282 e. The van der Waals surface area contributed by atoms with Gasteiger partial charge in [-0.05, 0) is 12.5 Å². The van der Waals surface area contributed by atoms with Gasteiger partial charge < -0.3 is 9.64 Å². The van der Waals surface area contributed by atoms with Gasteiger partial charge in [0.25, 0.3) is 5.24 Å². The number of ether oxygens (including phenoxy) is 1. The summed E-state index contributed by atoms with van der Waals surface area (Å²) in [5.74, 6) is 0. The minimum atomic E-state index is 0.157. The average molecular weight is 251 g/mol. The summed E-state index contributed by atoms with van der Waals surface area (Å²) >= 11 is 1.39. The molecule has 1 fully saturated rings. The molecule has 1 amide bonds. The van der Waals surface area contributed by atoms with Crippen molar-refractivity contribution >= 4 is 17.0 Å². The van der Waals surface area contributed by atoms with Crippen molar-refractivity contribution < 1.29 is 9.53 Å². The number of hydrogen-bond donors (Lipinski definition) is 0. The molecule has 0 aliphatic carbocycles. The molecule has 1 aliphatic heterocycles. The average Bonchev–Trinajstić information content (AvgIpc) is 2.40. The maximum absolute atomic E-state index is 12.0. The molecule has 1 aromatic rings. The Morgan fingerprint density at radius 1 is 1.29 bits per heavy atom. The van der Waals surface area contributed by atoms with Gasteiger partial charge in [0, 0.05) is 18.3 Å². The van der Waals surface area contributed by atoms with E-state index in [1.165, 1.54) is 17.3 Å². The van der Waals surface area contributed by atoms with Crippen molar-refractivity contribution in [3.63, 3.8) is 0 Å². The van der Waals surface area contributed by atoms with Crippen molar-refractivity contribution in [3.05, 3.63) is 35.9 Å². The second-order valence-corrected chi connectivity index (χ2v) is 5.33. The van der Waals surface area contributed by atoms with Crippen LogP contribution in [0.1, 0.15) is 17.7 Å². The highest BCUT2D eigenvalue weighted by molar-refractivity contribution is 8.13. The van der Waals surface area contributed by atoms with Gasteiger partial charge in [-0.25, -0.2) is 0 Å². The molecular weight excluding hydrogens is 234 g/mol. The molecule has 4 heteroatoms. The zero-order valence-electron chi connectivity index (χ0n) is 9.96. The van der Waals surface area contributed by atoms with E-state index in [1.807, 2.05) is 23.1 Å². The third-order valence-corrected chi connectivity index (χ3v) is 3.90. The molecule has 0 spiro atoms. The second-order valence-electron chi connectivity index (χ2n) is 4.04. The highest BCUT2D eigenvalue weighted by Gasteiger charge is 2.20. The van der Waals surface area contributed by atoms with Gasteiger partial charge in [-0.1, -0.05) is 42.1 Å². The van der Waals surface area contributed by atoms with Crippen LogP contribution < -0.4 is 0 Å². The molecule has 0 aromatic heterocycles. The van der Waals surface area contributed by atoms with Crippen LogP contribution in [0, 0.1) is 0 Å². The lowest BCUT2D eigenvalue weighted by molar-refractivity contribution is 0.0592. The van der Waals surface area contributed by atoms with Crippen LogP contribution in [-0.4, -0.2) is 36.4 Å². The van der Waals surface area contributed by atoms with Crippen LogP contribution in [0.3, 0.4) is 0 Å². The lowest BCUT2D eigenvalue weighted by Crippen LogP contribution is -2.38. The van der Waals surface area contributed by atoms with E-state index < -0.39 is 0 Å². The highest BCUT2D eigenvalue weighted by Crippen LogP contribution is 2.30. The molecule has 0 saturated carbocycles. The summed E-state index contributed by atoms with van der Waals surface area (Å²) in [7, 11) is 0.